The standard InChI is InChI=1S/C16H25N3O2S/c1-19-9-5-6-12(11-19)10-17-16(22)18-13-7-4-8-14(20-2)15(13)21-3/h4,7-8,12H,5-6,9-11H2,1-3H3,(H2,17,18,22). The normalized spacial score (nSPS) is 18.6. The van der Waals surface area contributed by atoms with Gasteiger partial charge in [-0.3, -0.25) is 0 Å². The van der Waals surface area contributed by atoms with Crippen LogP contribution in [0, 0.1) is 5.92 Å². The lowest BCUT2D eigenvalue weighted by atomic mass is 9.99. The third-order valence-electron chi connectivity index (χ3n) is 3.92. The Hall–Kier alpha value is -1.53. The van der Waals surface area contributed by atoms with Gasteiger partial charge in [-0.25, -0.2) is 0 Å². The number of nitrogens with one attached hydrogen (secondary N) is 2. The topological polar surface area (TPSA) is 45.8 Å². The van der Waals surface area contributed by atoms with Gasteiger partial charge in [-0.1, -0.05) is 6.07 Å². The van der Waals surface area contributed by atoms with E-state index < -0.39 is 0 Å². The quantitative estimate of drug-likeness (QED) is 0.811. The Morgan fingerprint density at radius 2 is 2.18 bits per heavy atom. The first-order valence-corrected chi connectivity index (χ1v) is 7.99. The maximum absolute atomic E-state index is 5.40. The molecule has 0 aromatic heterocycles. The van der Waals surface area contributed by atoms with Gasteiger partial charge in [0.15, 0.2) is 16.6 Å². The van der Waals surface area contributed by atoms with Gasteiger partial charge < -0.3 is 25.0 Å². The lowest BCUT2D eigenvalue weighted by molar-refractivity contribution is 0.211. The van der Waals surface area contributed by atoms with Crippen molar-refractivity contribution < 1.29 is 9.47 Å². The van der Waals surface area contributed by atoms with Crippen molar-refractivity contribution in [3.63, 3.8) is 0 Å². The molecular formula is C16H25N3O2S. The first kappa shape index (κ1) is 16.8. The van der Waals surface area contributed by atoms with Crippen molar-refractivity contribution in [2.75, 3.05) is 46.2 Å². The van der Waals surface area contributed by atoms with E-state index in [1.165, 1.54) is 19.4 Å². The van der Waals surface area contributed by atoms with Crippen LogP contribution in [-0.2, 0) is 0 Å². The molecule has 1 saturated heterocycles. The van der Waals surface area contributed by atoms with Crippen LogP contribution >= 0.6 is 12.2 Å². The molecule has 0 radical (unpaired) electrons. The number of likely N-dealkylation sites (tertiary alicyclic amines) is 1. The first-order valence-electron chi connectivity index (χ1n) is 7.58. The monoisotopic (exact) mass is 323 g/mol. The van der Waals surface area contributed by atoms with Crippen LogP contribution in [0.1, 0.15) is 12.8 Å². The molecule has 0 bridgehead atoms. The second-order valence-electron chi connectivity index (χ2n) is 5.65. The lowest BCUT2D eigenvalue weighted by Gasteiger charge is -2.30. The van der Waals surface area contributed by atoms with E-state index in [1.807, 2.05) is 18.2 Å². The van der Waals surface area contributed by atoms with E-state index in [9.17, 15) is 0 Å². The van der Waals surface area contributed by atoms with E-state index in [1.54, 1.807) is 14.2 Å². The van der Waals surface area contributed by atoms with E-state index in [4.69, 9.17) is 21.7 Å². The van der Waals surface area contributed by atoms with Crippen LogP contribution in [0.2, 0.25) is 0 Å². The van der Waals surface area contributed by atoms with Crippen molar-refractivity contribution in [3.05, 3.63) is 18.2 Å². The molecule has 1 fully saturated rings. The molecule has 1 unspecified atom stereocenters. The number of thiocarbonyl (C=S) groups is 1. The highest BCUT2D eigenvalue weighted by molar-refractivity contribution is 7.80. The number of benzene rings is 1. The van der Waals surface area contributed by atoms with Crippen molar-refractivity contribution >= 4 is 23.0 Å². The number of piperidine rings is 1. The van der Waals surface area contributed by atoms with Crippen LogP contribution in [0.25, 0.3) is 0 Å². The Morgan fingerprint density at radius 3 is 2.86 bits per heavy atom. The summed E-state index contributed by atoms with van der Waals surface area (Å²) in [5.74, 6) is 1.99. The molecule has 1 aromatic carbocycles. The minimum atomic E-state index is 0.611. The average Bonchev–Trinajstić information content (AvgIpc) is 2.52. The molecule has 122 valence electrons. The predicted molar refractivity (Wildman–Crippen MR) is 94.0 cm³/mol. The maximum Gasteiger partial charge on any atom is 0.184 e. The van der Waals surface area contributed by atoms with Gasteiger partial charge in [0.05, 0.1) is 19.9 Å². The van der Waals surface area contributed by atoms with E-state index in [0.717, 1.165) is 18.8 Å². The molecule has 0 spiro atoms. The van der Waals surface area contributed by atoms with Gasteiger partial charge in [-0.05, 0) is 56.7 Å². The highest BCUT2D eigenvalue weighted by atomic mass is 32.1. The van der Waals surface area contributed by atoms with Crippen LogP contribution in [0.15, 0.2) is 18.2 Å². The predicted octanol–water partition coefficient (Wildman–Crippen LogP) is 2.33. The van der Waals surface area contributed by atoms with Gasteiger partial charge >= 0.3 is 0 Å². The number of para-hydroxylation sites is 1. The number of hydrogen-bond donors (Lipinski definition) is 2. The molecule has 22 heavy (non-hydrogen) atoms. The molecule has 2 rings (SSSR count). The summed E-state index contributed by atoms with van der Waals surface area (Å²) in [7, 11) is 5.42. The molecule has 1 atom stereocenters. The summed E-state index contributed by atoms with van der Waals surface area (Å²) in [6.45, 7) is 3.21. The van der Waals surface area contributed by atoms with E-state index in [-0.39, 0.29) is 0 Å². The number of rotatable bonds is 5. The first-order chi connectivity index (χ1) is 10.6. The molecule has 1 heterocycles. The Morgan fingerprint density at radius 1 is 1.36 bits per heavy atom. The van der Waals surface area contributed by atoms with Crippen LogP contribution in [0.4, 0.5) is 5.69 Å². The van der Waals surface area contributed by atoms with E-state index >= 15 is 0 Å². The fourth-order valence-corrected chi connectivity index (χ4v) is 3.02. The number of nitrogens with zero attached hydrogens (tertiary/aromatic N) is 1. The summed E-state index contributed by atoms with van der Waals surface area (Å²) in [6.07, 6.45) is 2.51. The molecule has 1 aromatic rings. The maximum atomic E-state index is 5.40. The SMILES string of the molecule is COc1cccc(NC(=S)NCC2CCCN(C)C2)c1OC. The largest absolute Gasteiger partial charge is 0.493 e. The number of methoxy groups -OCH3 is 2. The third kappa shape index (κ3) is 4.48. The van der Waals surface area contributed by atoms with Gasteiger partial charge in [0.1, 0.15) is 0 Å². The molecule has 1 aliphatic rings. The van der Waals surface area contributed by atoms with Gasteiger partial charge in [-0.2, -0.15) is 0 Å². The smallest absolute Gasteiger partial charge is 0.184 e. The van der Waals surface area contributed by atoms with Crippen molar-refractivity contribution in [1.29, 1.82) is 0 Å². The highest BCUT2D eigenvalue weighted by Gasteiger charge is 2.17. The van der Waals surface area contributed by atoms with Gasteiger partial charge in [0.25, 0.3) is 0 Å². The van der Waals surface area contributed by atoms with Gasteiger partial charge in [-0.15, -0.1) is 0 Å². The molecule has 0 amide bonds. The molecule has 0 saturated carbocycles. The Bertz CT molecular complexity index is 510. The minimum absolute atomic E-state index is 0.611. The van der Waals surface area contributed by atoms with Crippen LogP contribution < -0.4 is 20.1 Å². The fraction of sp³-hybridized carbons (Fsp3) is 0.562. The van der Waals surface area contributed by atoms with E-state index in [2.05, 4.69) is 22.6 Å². The van der Waals surface area contributed by atoms with Crippen molar-refractivity contribution in [2.24, 2.45) is 5.92 Å². The van der Waals surface area contributed by atoms with E-state index in [0.29, 0.717) is 22.5 Å². The molecule has 6 heteroatoms. The molecule has 5 nitrogen and oxygen atoms in total. The Kier molecular flexibility index (Phi) is 6.27. The second-order valence-corrected chi connectivity index (χ2v) is 6.05. The van der Waals surface area contributed by atoms with Crippen LogP contribution in [0.5, 0.6) is 11.5 Å². The average molecular weight is 323 g/mol. The number of anilines is 1. The Labute approximate surface area is 138 Å². The zero-order chi connectivity index (χ0) is 15.9. The molecular weight excluding hydrogens is 298 g/mol. The van der Waals surface area contributed by atoms with Crippen molar-refractivity contribution in [2.45, 2.75) is 12.8 Å². The zero-order valence-electron chi connectivity index (χ0n) is 13.5. The fourth-order valence-electron chi connectivity index (χ4n) is 2.83. The summed E-state index contributed by atoms with van der Waals surface area (Å²) in [5, 5.41) is 7.11. The summed E-state index contributed by atoms with van der Waals surface area (Å²) >= 11 is 5.39. The van der Waals surface area contributed by atoms with Crippen LogP contribution in [0.3, 0.4) is 0 Å². The van der Waals surface area contributed by atoms with Gasteiger partial charge in [0, 0.05) is 13.1 Å². The highest BCUT2D eigenvalue weighted by Crippen LogP contribution is 2.34. The van der Waals surface area contributed by atoms with Crippen LogP contribution in [-0.4, -0.2) is 50.9 Å². The van der Waals surface area contributed by atoms with Crippen molar-refractivity contribution in [3.8, 4) is 11.5 Å². The summed E-state index contributed by atoms with van der Waals surface area (Å²) in [4.78, 5) is 2.37. The second kappa shape index (κ2) is 8.19. The molecule has 0 aliphatic carbocycles. The zero-order valence-corrected chi connectivity index (χ0v) is 14.3. The number of ether oxygens (including phenoxy) is 2. The lowest BCUT2D eigenvalue weighted by Crippen LogP contribution is -2.40. The van der Waals surface area contributed by atoms with Crippen molar-refractivity contribution in [1.82, 2.24) is 10.2 Å². The Balaban J connectivity index is 1.89. The summed E-state index contributed by atoms with van der Waals surface area (Å²) in [5.41, 5.74) is 0.806. The summed E-state index contributed by atoms with van der Waals surface area (Å²) < 4.78 is 10.7. The molecule has 2 N–H and O–H groups in total. The van der Waals surface area contributed by atoms with Gasteiger partial charge in [0.2, 0.25) is 0 Å². The summed E-state index contributed by atoms with van der Waals surface area (Å²) in [6, 6.07) is 5.68. The number of hydrogen-bond acceptors (Lipinski definition) is 4. The minimum Gasteiger partial charge on any atom is -0.493 e. The third-order valence-corrected chi connectivity index (χ3v) is 4.17. The molecule has 1 aliphatic heterocycles.